The second kappa shape index (κ2) is 9.46. The summed E-state index contributed by atoms with van der Waals surface area (Å²) in [6.07, 6.45) is 9.09. The maximum Gasteiger partial charge on any atom is 1.00 e. The van der Waals surface area contributed by atoms with E-state index in [2.05, 4.69) is 10.3 Å². The zero-order valence-electron chi connectivity index (χ0n) is 18.4. The van der Waals surface area contributed by atoms with E-state index in [1.54, 1.807) is 36.5 Å². The van der Waals surface area contributed by atoms with E-state index in [1.807, 2.05) is 0 Å². The number of nitrogens with zero attached hydrogens (tertiary/aromatic N) is 1. The summed E-state index contributed by atoms with van der Waals surface area (Å²) >= 11 is 6.38. The minimum absolute atomic E-state index is 0. The van der Waals surface area contributed by atoms with Crippen LogP contribution in [-0.2, 0) is 11.2 Å². The van der Waals surface area contributed by atoms with Crippen molar-refractivity contribution < 1.29 is 44.3 Å². The Hall–Kier alpha value is -1.40. The number of nitrogens with one attached hydrogen (secondary N) is 1. The van der Waals surface area contributed by atoms with Crippen molar-refractivity contribution in [3.63, 3.8) is 0 Å². The molecule has 0 unspecified atom stereocenters. The number of amides is 1. The maximum atomic E-state index is 13.1. The Morgan fingerprint density at radius 1 is 1.09 bits per heavy atom. The molecule has 0 spiro atoms. The van der Waals surface area contributed by atoms with E-state index in [0.29, 0.717) is 34.0 Å². The number of halogens is 1. The molecule has 4 fully saturated rings. The standard InChI is InChI=1S/C25H27ClN2O3.Na/c26-21-4-3-18(19-2-1-5-27-22(19)10-23(29)30)9-20(21)24(31)28-14-25-11-15-6-16(12-25)8-17(7-15)13-25;/h1-5,9,15-17H,6-8,10-14H2,(H,28,31)(H,29,30);/q;+1/p-1. The van der Waals surface area contributed by atoms with Gasteiger partial charge in [-0.2, -0.15) is 0 Å². The van der Waals surface area contributed by atoms with Crippen molar-refractivity contribution >= 4 is 23.5 Å². The number of aliphatic carboxylic acids is 1. The van der Waals surface area contributed by atoms with Crippen LogP contribution in [0.2, 0.25) is 5.02 Å². The summed E-state index contributed by atoms with van der Waals surface area (Å²) in [5, 5.41) is 14.7. The van der Waals surface area contributed by atoms with Gasteiger partial charge in [0.25, 0.3) is 5.91 Å². The van der Waals surface area contributed by atoms with Crippen LogP contribution in [0, 0.1) is 23.2 Å². The first kappa shape index (κ1) is 23.7. The molecule has 1 aromatic carbocycles. The van der Waals surface area contributed by atoms with Gasteiger partial charge in [-0.1, -0.05) is 23.7 Å². The van der Waals surface area contributed by atoms with Crippen LogP contribution in [0.4, 0.5) is 0 Å². The van der Waals surface area contributed by atoms with E-state index < -0.39 is 5.97 Å². The van der Waals surface area contributed by atoms with Crippen molar-refractivity contribution in [3.05, 3.63) is 52.8 Å². The van der Waals surface area contributed by atoms with E-state index in [1.165, 1.54) is 38.5 Å². The fraction of sp³-hybridized carbons (Fsp3) is 0.480. The van der Waals surface area contributed by atoms with Crippen molar-refractivity contribution in [2.75, 3.05) is 6.54 Å². The number of pyridine rings is 1. The van der Waals surface area contributed by atoms with Crippen LogP contribution < -0.4 is 40.0 Å². The molecule has 162 valence electrons. The summed E-state index contributed by atoms with van der Waals surface area (Å²) in [7, 11) is 0. The van der Waals surface area contributed by atoms with Gasteiger partial charge in [-0.15, -0.1) is 0 Å². The van der Waals surface area contributed by atoms with Crippen LogP contribution >= 0.6 is 11.6 Å². The number of hydrogen-bond acceptors (Lipinski definition) is 4. The number of benzene rings is 1. The Morgan fingerprint density at radius 2 is 1.75 bits per heavy atom. The summed E-state index contributed by atoms with van der Waals surface area (Å²) in [6, 6.07) is 8.74. The van der Waals surface area contributed by atoms with Gasteiger partial charge in [-0.3, -0.25) is 9.78 Å². The molecule has 4 aliphatic rings. The Labute approximate surface area is 215 Å². The van der Waals surface area contributed by atoms with Gasteiger partial charge in [-0.05, 0) is 85.5 Å². The van der Waals surface area contributed by atoms with Crippen LogP contribution in [0.5, 0.6) is 0 Å². The fourth-order valence-electron chi connectivity index (χ4n) is 6.71. The second-order valence-electron chi connectivity index (χ2n) is 9.84. The fourth-order valence-corrected chi connectivity index (χ4v) is 6.92. The van der Waals surface area contributed by atoms with Crippen molar-refractivity contribution in [1.29, 1.82) is 0 Å². The van der Waals surface area contributed by atoms with Gasteiger partial charge in [0, 0.05) is 30.7 Å². The molecule has 4 saturated carbocycles. The van der Waals surface area contributed by atoms with Gasteiger partial charge in [0.15, 0.2) is 0 Å². The number of hydrogen-bond donors (Lipinski definition) is 1. The van der Waals surface area contributed by atoms with Crippen LogP contribution in [0.25, 0.3) is 11.1 Å². The number of carbonyl (C=O) groups is 2. The van der Waals surface area contributed by atoms with Crippen LogP contribution in [0.1, 0.15) is 54.6 Å². The summed E-state index contributed by atoms with van der Waals surface area (Å²) in [5.74, 6) is 1.14. The number of carboxylic acids is 1. The van der Waals surface area contributed by atoms with Crippen LogP contribution in [-0.4, -0.2) is 23.4 Å². The summed E-state index contributed by atoms with van der Waals surface area (Å²) in [4.78, 5) is 28.4. The molecule has 4 bridgehead atoms. The molecule has 5 nitrogen and oxygen atoms in total. The predicted octanol–water partition coefficient (Wildman–Crippen LogP) is 0.645. The minimum Gasteiger partial charge on any atom is -0.550 e. The largest absolute Gasteiger partial charge is 1.00 e. The molecule has 0 aliphatic heterocycles. The average Bonchev–Trinajstić information content (AvgIpc) is 2.72. The molecule has 1 N–H and O–H groups in total. The van der Waals surface area contributed by atoms with E-state index in [-0.39, 0.29) is 47.3 Å². The van der Waals surface area contributed by atoms with Crippen molar-refractivity contribution in [1.82, 2.24) is 10.3 Å². The number of carboxylic acid groups (broad SMARTS) is 1. The molecular formula is C25H26ClN2NaO3. The molecule has 4 aliphatic carbocycles. The van der Waals surface area contributed by atoms with Crippen LogP contribution in [0.3, 0.4) is 0 Å². The summed E-state index contributed by atoms with van der Waals surface area (Å²) in [5.41, 5.74) is 2.45. The third-order valence-corrected chi connectivity index (χ3v) is 7.84. The molecule has 7 heteroatoms. The Balaban J connectivity index is 0.00000245. The molecular weight excluding hydrogens is 435 g/mol. The van der Waals surface area contributed by atoms with Gasteiger partial charge in [-0.25, -0.2) is 0 Å². The van der Waals surface area contributed by atoms with Crippen molar-refractivity contribution in [3.8, 4) is 11.1 Å². The first-order chi connectivity index (χ1) is 14.9. The number of carbonyl (C=O) groups excluding carboxylic acids is 2. The first-order valence-corrected chi connectivity index (χ1v) is 11.5. The Bertz CT molecular complexity index is 1010. The van der Waals surface area contributed by atoms with Crippen molar-refractivity contribution in [2.24, 2.45) is 23.2 Å². The van der Waals surface area contributed by atoms with Gasteiger partial charge < -0.3 is 15.2 Å². The van der Waals surface area contributed by atoms with Gasteiger partial charge in [0.2, 0.25) is 0 Å². The van der Waals surface area contributed by atoms with Gasteiger partial charge in [0.1, 0.15) is 0 Å². The average molecular weight is 461 g/mol. The van der Waals surface area contributed by atoms with Gasteiger partial charge >= 0.3 is 29.6 Å². The topological polar surface area (TPSA) is 82.1 Å². The van der Waals surface area contributed by atoms with Crippen molar-refractivity contribution in [2.45, 2.75) is 44.9 Å². The Morgan fingerprint density at radius 3 is 2.38 bits per heavy atom. The van der Waals surface area contributed by atoms with E-state index >= 15 is 0 Å². The summed E-state index contributed by atoms with van der Waals surface area (Å²) < 4.78 is 0. The molecule has 1 heterocycles. The molecule has 32 heavy (non-hydrogen) atoms. The third-order valence-electron chi connectivity index (χ3n) is 7.51. The monoisotopic (exact) mass is 460 g/mol. The third kappa shape index (κ3) is 4.77. The Kier molecular flexibility index (Phi) is 7.02. The molecule has 6 rings (SSSR count). The molecule has 0 radical (unpaired) electrons. The van der Waals surface area contributed by atoms with Gasteiger partial charge in [0.05, 0.1) is 16.3 Å². The minimum atomic E-state index is -1.19. The molecule has 2 aromatic rings. The molecule has 1 amide bonds. The van der Waals surface area contributed by atoms with E-state index in [0.717, 1.165) is 17.8 Å². The zero-order chi connectivity index (χ0) is 21.6. The van der Waals surface area contributed by atoms with E-state index in [4.69, 9.17) is 11.6 Å². The first-order valence-electron chi connectivity index (χ1n) is 11.1. The maximum absolute atomic E-state index is 13.1. The summed E-state index contributed by atoms with van der Waals surface area (Å²) in [6.45, 7) is 0.707. The van der Waals surface area contributed by atoms with Crippen LogP contribution in [0.15, 0.2) is 36.5 Å². The molecule has 0 saturated heterocycles. The number of rotatable bonds is 6. The normalized spacial score (nSPS) is 27.6. The number of aromatic nitrogens is 1. The SMILES string of the molecule is O=C([O-])Cc1ncccc1-c1ccc(Cl)c(C(=O)NCC23CC4CC(CC(C4)C2)C3)c1.[Na+]. The quantitative estimate of drug-likeness (QED) is 0.642. The zero-order valence-corrected chi connectivity index (χ0v) is 21.2. The molecule has 0 atom stereocenters. The second-order valence-corrected chi connectivity index (χ2v) is 10.2. The smallest absolute Gasteiger partial charge is 0.550 e. The predicted molar refractivity (Wildman–Crippen MR) is 116 cm³/mol. The molecule has 1 aromatic heterocycles. The van der Waals surface area contributed by atoms with E-state index in [9.17, 15) is 14.7 Å².